The van der Waals surface area contributed by atoms with Gasteiger partial charge in [-0.25, -0.2) is 0 Å². The van der Waals surface area contributed by atoms with Gasteiger partial charge in [0.1, 0.15) is 0 Å². The average Bonchev–Trinajstić information content (AvgIpc) is 2.98. The summed E-state index contributed by atoms with van der Waals surface area (Å²) in [5.74, 6) is 0. The standard InChI is InChI=1S/C15H29NO/c1-13(2,15(5)6-7-15)12-14(3,4)16-8-10-17-11-9-16/h6-12H2,1-5H3. The molecule has 0 aromatic rings. The van der Waals surface area contributed by atoms with E-state index in [1.165, 1.54) is 19.3 Å². The van der Waals surface area contributed by atoms with Crippen LogP contribution in [-0.4, -0.2) is 36.7 Å². The molecule has 2 heteroatoms. The van der Waals surface area contributed by atoms with Gasteiger partial charge >= 0.3 is 0 Å². The molecule has 1 saturated carbocycles. The van der Waals surface area contributed by atoms with E-state index in [4.69, 9.17) is 4.74 Å². The van der Waals surface area contributed by atoms with Crippen molar-refractivity contribution in [2.45, 2.75) is 59.4 Å². The van der Waals surface area contributed by atoms with E-state index >= 15 is 0 Å². The maximum Gasteiger partial charge on any atom is 0.0594 e. The minimum Gasteiger partial charge on any atom is -0.379 e. The Labute approximate surface area is 107 Å². The first-order valence-corrected chi connectivity index (χ1v) is 7.10. The summed E-state index contributed by atoms with van der Waals surface area (Å²) >= 11 is 0. The Bertz CT molecular complexity index is 273. The van der Waals surface area contributed by atoms with Crippen LogP contribution in [0.2, 0.25) is 0 Å². The fourth-order valence-corrected chi connectivity index (χ4v) is 3.44. The Kier molecular flexibility index (Phi) is 3.33. The van der Waals surface area contributed by atoms with Gasteiger partial charge in [-0.3, -0.25) is 4.90 Å². The molecule has 100 valence electrons. The number of hydrogen-bond donors (Lipinski definition) is 0. The molecule has 0 N–H and O–H groups in total. The first kappa shape index (κ1) is 13.4. The van der Waals surface area contributed by atoms with Crippen molar-refractivity contribution in [3.8, 4) is 0 Å². The van der Waals surface area contributed by atoms with Gasteiger partial charge in [-0.05, 0) is 43.9 Å². The molecular weight excluding hydrogens is 210 g/mol. The Hall–Kier alpha value is -0.0800. The molecule has 2 aliphatic rings. The zero-order valence-electron chi connectivity index (χ0n) is 12.3. The van der Waals surface area contributed by atoms with E-state index < -0.39 is 0 Å². The number of nitrogens with zero attached hydrogens (tertiary/aromatic N) is 1. The number of morpholine rings is 1. The molecule has 1 aliphatic heterocycles. The Balaban J connectivity index is 2.00. The van der Waals surface area contributed by atoms with E-state index in [1.54, 1.807) is 0 Å². The normalized spacial score (nSPS) is 25.9. The van der Waals surface area contributed by atoms with E-state index in [-0.39, 0.29) is 0 Å². The largest absolute Gasteiger partial charge is 0.379 e. The summed E-state index contributed by atoms with van der Waals surface area (Å²) in [5, 5.41) is 0. The highest BCUT2D eigenvalue weighted by molar-refractivity contribution is 5.03. The third kappa shape index (κ3) is 2.68. The van der Waals surface area contributed by atoms with Crippen molar-refractivity contribution in [2.24, 2.45) is 10.8 Å². The summed E-state index contributed by atoms with van der Waals surface area (Å²) in [5.41, 5.74) is 1.35. The van der Waals surface area contributed by atoms with E-state index in [0.717, 1.165) is 26.3 Å². The van der Waals surface area contributed by atoms with Crippen molar-refractivity contribution in [1.82, 2.24) is 4.90 Å². The highest BCUT2D eigenvalue weighted by Crippen LogP contribution is 2.60. The zero-order valence-corrected chi connectivity index (χ0v) is 12.3. The fourth-order valence-electron chi connectivity index (χ4n) is 3.44. The van der Waals surface area contributed by atoms with Crippen LogP contribution in [0.5, 0.6) is 0 Å². The van der Waals surface area contributed by atoms with Gasteiger partial charge < -0.3 is 4.74 Å². The van der Waals surface area contributed by atoms with E-state index in [9.17, 15) is 0 Å². The van der Waals surface area contributed by atoms with Crippen LogP contribution in [0.1, 0.15) is 53.9 Å². The van der Waals surface area contributed by atoms with Crippen molar-refractivity contribution in [1.29, 1.82) is 0 Å². The lowest BCUT2D eigenvalue weighted by Crippen LogP contribution is -2.52. The quantitative estimate of drug-likeness (QED) is 0.746. The van der Waals surface area contributed by atoms with Crippen LogP contribution in [0.25, 0.3) is 0 Å². The molecule has 0 unspecified atom stereocenters. The second-order valence-electron chi connectivity index (χ2n) is 7.53. The second-order valence-corrected chi connectivity index (χ2v) is 7.53. The number of hydrogen-bond acceptors (Lipinski definition) is 2. The van der Waals surface area contributed by atoms with Crippen LogP contribution >= 0.6 is 0 Å². The molecule has 2 nitrogen and oxygen atoms in total. The van der Waals surface area contributed by atoms with Crippen molar-refractivity contribution in [3.05, 3.63) is 0 Å². The summed E-state index contributed by atoms with van der Waals surface area (Å²) in [6, 6.07) is 0. The van der Waals surface area contributed by atoms with Gasteiger partial charge in [0, 0.05) is 18.6 Å². The van der Waals surface area contributed by atoms with Gasteiger partial charge in [-0.15, -0.1) is 0 Å². The van der Waals surface area contributed by atoms with Crippen LogP contribution in [0.3, 0.4) is 0 Å². The van der Waals surface area contributed by atoms with E-state index in [2.05, 4.69) is 39.5 Å². The summed E-state index contributed by atoms with van der Waals surface area (Å²) in [6.07, 6.45) is 4.12. The van der Waals surface area contributed by atoms with Crippen LogP contribution in [0.4, 0.5) is 0 Å². The molecule has 1 saturated heterocycles. The first-order valence-electron chi connectivity index (χ1n) is 7.10. The molecular formula is C15H29NO. The van der Waals surface area contributed by atoms with Crippen LogP contribution in [0, 0.1) is 10.8 Å². The maximum absolute atomic E-state index is 5.46. The lowest BCUT2D eigenvalue weighted by Gasteiger charge is -2.47. The summed E-state index contributed by atoms with van der Waals surface area (Å²) < 4.78 is 5.46. The van der Waals surface area contributed by atoms with Gasteiger partial charge in [0.2, 0.25) is 0 Å². The molecule has 1 heterocycles. The zero-order chi connectivity index (χ0) is 12.7. The van der Waals surface area contributed by atoms with Crippen LogP contribution < -0.4 is 0 Å². The van der Waals surface area contributed by atoms with E-state index in [1.807, 2.05) is 0 Å². The molecule has 0 aromatic carbocycles. The van der Waals surface area contributed by atoms with Gasteiger partial charge in [0.25, 0.3) is 0 Å². The second kappa shape index (κ2) is 4.24. The predicted octanol–water partition coefficient (Wildman–Crippen LogP) is 3.31. The minimum atomic E-state index is 0.304. The highest BCUT2D eigenvalue weighted by Gasteiger charge is 2.52. The third-order valence-electron chi connectivity index (χ3n) is 5.38. The fraction of sp³-hybridized carbons (Fsp3) is 1.00. The smallest absolute Gasteiger partial charge is 0.0594 e. The van der Waals surface area contributed by atoms with Crippen molar-refractivity contribution in [2.75, 3.05) is 26.3 Å². The highest BCUT2D eigenvalue weighted by atomic mass is 16.5. The molecule has 0 aromatic heterocycles. The predicted molar refractivity (Wildman–Crippen MR) is 72.2 cm³/mol. The molecule has 0 atom stereocenters. The Morgan fingerprint density at radius 2 is 1.59 bits per heavy atom. The summed E-state index contributed by atoms with van der Waals surface area (Å²) in [7, 11) is 0. The first-order chi connectivity index (χ1) is 7.77. The van der Waals surface area contributed by atoms with Crippen LogP contribution in [-0.2, 0) is 4.74 Å². The Morgan fingerprint density at radius 3 is 2.06 bits per heavy atom. The molecule has 2 fully saturated rings. The van der Waals surface area contributed by atoms with Gasteiger partial charge in [0.15, 0.2) is 0 Å². The number of ether oxygens (including phenoxy) is 1. The topological polar surface area (TPSA) is 12.5 Å². The van der Waals surface area contributed by atoms with Crippen LogP contribution in [0.15, 0.2) is 0 Å². The number of rotatable bonds is 4. The summed E-state index contributed by atoms with van der Waals surface area (Å²) in [6.45, 7) is 16.2. The van der Waals surface area contributed by atoms with E-state index in [0.29, 0.717) is 16.4 Å². The summed E-state index contributed by atoms with van der Waals surface area (Å²) in [4.78, 5) is 2.62. The van der Waals surface area contributed by atoms with Crippen molar-refractivity contribution < 1.29 is 4.74 Å². The average molecular weight is 239 g/mol. The monoisotopic (exact) mass is 239 g/mol. The molecule has 2 rings (SSSR count). The molecule has 0 bridgehead atoms. The molecule has 1 aliphatic carbocycles. The lowest BCUT2D eigenvalue weighted by atomic mass is 9.69. The molecule has 0 spiro atoms. The molecule has 0 radical (unpaired) electrons. The Morgan fingerprint density at radius 1 is 1.06 bits per heavy atom. The SMILES string of the molecule is CC(C)(CC(C)(C)C1(C)CC1)N1CCOCC1. The molecule has 17 heavy (non-hydrogen) atoms. The lowest BCUT2D eigenvalue weighted by molar-refractivity contribution is -0.0322. The van der Waals surface area contributed by atoms with Gasteiger partial charge in [-0.1, -0.05) is 20.8 Å². The maximum atomic E-state index is 5.46. The van der Waals surface area contributed by atoms with Gasteiger partial charge in [-0.2, -0.15) is 0 Å². The minimum absolute atomic E-state index is 0.304. The van der Waals surface area contributed by atoms with Gasteiger partial charge in [0.05, 0.1) is 13.2 Å². The third-order valence-corrected chi connectivity index (χ3v) is 5.38. The molecule has 0 amide bonds. The van der Waals surface area contributed by atoms with Crippen molar-refractivity contribution >= 4 is 0 Å². The van der Waals surface area contributed by atoms with Crippen molar-refractivity contribution in [3.63, 3.8) is 0 Å².